The molecule has 4 rings (SSSR count). The van der Waals surface area contributed by atoms with Gasteiger partial charge in [-0.05, 0) is 59.8 Å². The molecule has 0 aliphatic carbocycles. The molecule has 1 saturated heterocycles. The number of likely N-dealkylation sites (N-methyl/N-ethyl adjacent to an activating group) is 1. The number of benzene rings is 3. The van der Waals surface area contributed by atoms with Crippen molar-refractivity contribution in [2.24, 2.45) is 4.99 Å². The van der Waals surface area contributed by atoms with Gasteiger partial charge in [0.15, 0.2) is 5.17 Å². The number of ether oxygens (including phenoxy) is 1. The molecule has 7 heteroatoms. The van der Waals surface area contributed by atoms with Crippen molar-refractivity contribution in [1.29, 1.82) is 0 Å². The summed E-state index contributed by atoms with van der Waals surface area (Å²) in [4.78, 5) is 31.0. The van der Waals surface area contributed by atoms with Gasteiger partial charge in [0.05, 0.1) is 23.3 Å². The summed E-state index contributed by atoms with van der Waals surface area (Å²) in [6.45, 7) is 2.33. The van der Waals surface area contributed by atoms with E-state index in [2.05, 4.69) is 4.99 Å². The Morgan fingerprint density at radius 1 is 1.16 bits per heavy atom. The SMILES string of the molecule is CCN1C(=O)/C(=C/c2c(OC)ccc3ccccc23)SC1=Nc1cccc(C(=O)O)c1. The Morgan fingerprint density at radius 3 is 2.71 bits per heavy atom. The van der Waals surface area contributed by atoms with Crippen molar-refractivity contribution in [2.45, 2.75) is 6.92 Å². The highest BCUT2D eigenvalue weighted by molar-refractivity contribution is 8.18. The van der Waals surface area contributed by atoms with E-state index < -0.39 is 5.97 Å². The van der Waals surface area contributed by atoms with Crippen molar-refractivity contribution in [1.82, 2.24) is 4.90 Å². The second-order valence-electron chi connectivity index (χ2n) is 6.81. The molecular weight excluding hydrogens is 412 g/mol. The summed E-state index contributed by atoms with van der Waals surface area (Å²) in [5, 5.41) is 11.8. The molecule has 31 heavy (non-hydrogen) atoms. The van der Waals surface area contributed by atoms with Crippen molar-refractivity contribution < 1.29 is 19.4 Å². The molecule has 0 spiro atoms. The first-order chi connectivity index (χ1) is 15.0. The molecule has 0 bridgehead atoms. The lowest BCUT2D eigenvalue weighted by atomic mass is 10.0. The summed E-state index contributed by atoms with van der Waals surface area (Å²) >= 11 is 1.27. The summed E-state index contributed by atoms with van der Waals surface area (Å²) in [5.74, 6) is -0.481. The number of thioether (sulfide) groups is 1. The van der Waals surface area contributed by atoms with Gasteiger partial charge in [-0.25, -0.2) is 9.79 Å². The maximum atomic E-state index is 13.1. The Morgan fingerprint density at radius 2 is 1.97 bits per heavy atom. The number of carbonyl (C=O) groups excluding carboxylic acids is 1. The van der Waals surface area contributed by atoms with Gasteiger partial charge in [0.2, 0.25) is 0 Å². The van der Waals surface area contributed by atoms with Gasteiger partial charge in [-0.3, -0.25) is 9.69 Å². The third kappa shape index (κ3) is 4.04. The van der Waals surface area contributed by atoms with Crippen molar-refractivity contribution in [3.8, 4) is 5.75 Å². The Kier molecular flexibility index (Phi) is 5.77. The van der Waals surface area contributed by atoms with Crippen LogP contribution in [0.5, 0.6) is 5.75 Å². The van der Waals surface area contributed by atoms with Crippen molar-refractivity contribution in [2.75, 3.05) is 13.7 Å². The van der Waals surface area contributed by atoms with Crippen LogP contribution in [0.4, 0.5) is 5.69 Å². The smallest absolute Gasteiger partial charge is 0.335 e. The van der Waals surface area contributed by atoms with Crippen LogP contribution in [0.25, 0.3) is 16.8 Å². The van der Waals surface area contributed by atoms with Crippen LogP contribution in [0.2, 0.25) is 0 Å². The molecule has 0 aromatic heterocycles. The number of hydrogen-bond donors (Lipinski definition) is 1. The first kappa shape index (κ1) is 20.7. The number of aromatic carboxylic acids is 1. The third-order valence-corrected chi connectivity index (χ3v) is 5.95. The number of carboxylic acid groups (broad SMARTS) is 1. The largest absolute Gasteiger partial charge is 0.496 e. The minimum atomic E-state index is -1.02. The fourth-order valence-electron chi connectivity index (χ4n) is 3.42. The summed E-state index contributed by atoms with van der Waals surface area (Å²) in [6, 6.07) is 18.2. The van der Waals surface area contributed by atoms with Gasteiger partial charge in [-0.1, -0.05) is 36.4 Å². The Labute approximate surface area is 183 Å². The quantitative estimate of drug-likeness (QED) is 0.563. The molecule has 156 valence electrons. The van der Waals surface area contributed by atoms with Crippen LogP contribution in [0.15, 0.2) is 70.6 Å². The Hall–Kier alpha value is -3.58. The van der Waals surface area contributed by atoms with E-state index >= 15 is 0 Å². The summed E-state index contributed by atoms with van der Waals surface area (Å²) in [7, 11) is 1.61. The molecule has 1 heterocycles. The zero-order valence-electron chi connectivity index (χ0n) is 17.0. The van der Waals surface area contributed by atoms with Gasteiger partial charge in [-0.2, -0.15) is 0 Å². The van der Waals surface area contributed by atoms with Crippen molar-refractivity contribution in [3.63, 3.8) is 0 Å². The number of amidine groups is 1. The van der Waals surface area contributed by atoms with Gasteiger partial charge in [0.1, 0.15) is 5.75 Å². The van der Waals surface area contributed by atoms with E-state index in [1.54, 1.807) is 24.1 Å². The zero-order chi connectivity index (χ0) is 22.0. The lowest BCUT2D eigenvalue weighted by Crippen LogP contribution is -2.28. The number of rotatable bonds is 5. The maximum Gasteiger partial charge on any atom is 0.335 e. The molecular formula is C24H20N2O4S. The molecule has 1 fully saturated rings. The first-order valence-electron chi connectivity index (χ1n) is 9.71. The molecule has 1 N–H and O–H groups in total. The minimum absolute atomic E-state index is 0.143. The molecule has 1 aliphatic heterocycles. The average molecular weight is 433 g/mol. The number of carboxylic acids is 1. The van der Waals surface area contributed by atoms with Gasteiger partial charge in [0.25, 0.3) is 5.91 Å². The van der Waals surface area contributed by atoms with E-state index in [0.717, 1.165) is 16.3 Å². The number of aliphatic imine (C=N–C) groups is 1. The van der Waals surface area contributed by atoms with Crippen LogP contribution in [0.3, 0.4) is 0 Å². The van der Waals surface area contributed by atoms with Crippen LogP contribution in [0.1, 0.15) is 22.8 Å². The van der Waals surface area contributed by atoms with E-state index in [9.17, 15) is 14.7 Å². The zero-order valence-corrected chi connectivity index (χ0v) is 17.8. The summed E-state index contributed by atoms with van der Waals surface area (Å²) in [5.41, 5.74) is 1.47. The number of amides is 1. The first-order valence-corrected chi connectivity index (χ1v) is 10.5. The predicted molar refractivity (Wildman–Crippen MR) is 124 cm³/mol. The van der Waals surface area contributed by atoms with Crippen LogP contribution in [0, 0.1) is 0 Å². The highest BCUT2D eigenvalue weighted by atomic mass is 32.2. The molecule has 6 nitrogen and oxygen atoms in total. The number of carbonyl (C=O) groups is 2. The summed E-state index contributed by atoms with van der Waals surface area (Å²) in [6.07, 6.45) is 1.84. The van der Waals surface area contributed by atoms with E-state index in [-0.39, 0.29) is 11.5 Å². The second-order valence-corrected chi connectivity index (χ2v) is 7.82. The van der Waals surface area contributed by atoms with E-state index in [4.69, 9.17) is 4.74 Å². The topological polar surface area (TPSA) is 79.2 Å². The Bertz CT molecular complexity index is 1250. The van der Waals surface area contributed by atoms with Crippen molar-refractivity contribution >= 4 is 51.3 Å². The standard InChI is InChI=1S/C24H20N2O4S/c1-3-26-22(27)21(31-24(26)25-17-9-6-8-16(13-17)23(28)29)14-19-18-10-5-4-7-15(18)11-12-20(19)30-2/h4-14H,3H2,1-2H3,(H,28,29)/b21-14-,25-24?. The van der Waals surface area contributed by atoms with Crippen LogP contribution >= 0.6 is 11.8 Å². The fraction of sp³-hybridized carbons (Fsp3) is 0.125. The van der Waals surface area contributed by atoms with Gasteiger partial charge in [0, 0.05) is 12.1 Å². The molecule has 3 aromatic rings. The number of nitrogens with zero attached hydrogens (tertiary/aromatic N) is 2. The third-order valence-electron chi connectivity index (χ3n) is 4.95. The minimum Gasteiger partial charge on any atom is -0.496 e. The van der Waals surface area contributed by atoms with E-state index in [1.165, 1.54) is 23.9 Å². The lowest BCUT2D eigenvalue weighted by Gasteiger charge is -2.12. The van der Waals surface area contributed by atoms with Gasteiger partial charge in [-0.15, -0.1) is 0 Å². The Balaban J connectivity index is 1.77. The molecule has 1 aliphatic rings. The second kappa shape index (κ2) is 8.65. The average Bonchev–Trinajstić information content (AvgIpc) is 3.07. The molecule has 0 radical (unpaired) electrons. The molecule has 0 atom stereocenters. The highest BCUT2D eigenvalue weighted by Gasteiger charge is 2.32. The summed E-state index contributed by atoms with van der Waals surface area (Å²) < 4.78 is 5.55. The molecule has 0 unspecified atom stereocenters. The van der Waals surface area contributed by atoms with Crippen LogP contribution < -0.4 is 4.74 Å². The van der Waals surface area contributed by atoms with Gasteiger partial charge >= 0.3 is 5.97 Å². The van der Waals surface area contributed by atoms with Crippen LogP contribution in [-0.4, -0.2) is 40.7 Å². The maximum absolute atomic E-state index is 13.1. The van der Waals surface area contributed by atoms with Gasteiger partial charge < -0.3 is 9.84 Å². The van der Waals surface area contributed by atoms with E-state index in [1.807, 2.05) is 49.4 Å². The number of hydrogen-bond acceptors (Lipinski definition) is 5. The molecule has 0 saturated carbocycles. The van der Waals surface area contributed by atoms with E-state index in [0.29, 0.717) is 28.1 Å². The molecule has 1 amide bonds. The van der Waals surface area contributed by atoms with Crippen molar-refractivity contribution in [3.05, 3.63) is 76.7 Å². The monoisotopic (exact) mass is 432 g/mol. The van der Waals surface area contributed by atoms with Crippen LogP contribution in [-0.2, 0) is 4.79 Å². The fourth-order valence-corrected chi connectivity index (χ4v) is 4.47. The lowest BCUT2D eigenvalue weighted by molar-refractivity contribution is -0.122. The highest BCUT2D eigenvalue weighted by Crippen LogP contribution is 2.37. The number of fused-ring (bicyclic) bond motifs is 1. The normalized spacial score (nSPS) is 16.5. The number of methoxy groups -OCH3 is 1. The predicted octanol–water partition coefficient (Wildman–Crippen LogP) is 5.17. The molecule has 3 aromatic carbocycles.